The van der Waals surface area contributed by atoms with E-state index in [0.29, 0.717) is 5.69 Å². The Bertz CT molecular complexity index is 1080. The maximum Gasteiger partial charge on any atom is 0.417 e. The standard InChI is InChI=1S/C20H18F3N3O4S/c21-20(22,23)16-8-4-5-9-17(16)31(28,29)15-12-18(30-19(27)25-11-10-24)26(13-15)14-6-2-1-3-7-14/h1-9,15,18H,11-13H2,(H,25,27)/t15-,18+/m1/s1. The summed E-state index contributed by atoms with van der Waals surface area (Å²) in [7, 11) is -4.40. The lowest BCUT2D eigenvalue weighted by molar-refractivity contribution is -0.139. The van der Waals surface area contributed by atoms with Crippen molar-refractivity contribution in [1.82, 2.24) is 5.32 Å². The van der Waals surface area contributed by atoms with Gasteiger partial charge in [0.25, 0.3) is 0 Å². The molecule has 0 unspecified atom stereocenters. The number of nitrogens with one attached hydrogen (secondary N) is 1. The molecule has 1 N–H and O–H groups in total. The SMILES string of the molecule is N#CCNC(=O)O[C@H]1C[C@@H](S(=O)(=O)c2ccccc2C(F)(F)F)CN1c1ccccc1. The number of carbonyl (C=O) groups excluding carboxylic acids is 1. The molecule has 1 fully saturated rings. The van der Waals surface area contributed by atoms with Gasteiger partial charge in [-0.1, -0.05) is 30.3 Å². The number of nitriles is 1. The van der Waals surface area contributed by atoms with E-state index >= 15 is 0 Å². The van der Waals surface area contributed by atoms with Crippen LogP contribution in [-0.2, 0) is 20.8 Å². The molecule has 0 bridgehead atoms. The predicted molar refractivity (Wildman–Crippen MR) is 105 cm³/mol. The second-order valence-corrected chi connectivity index (χ2v) is 8.95. The van der Waals surface area contributed by atoms with E-state index in [-0.39, 0.29) is 19.5 Å². The summed E-state index contributed by atoms with van der Waals surface area (Å²) in [6.07, 6.45) is -7.04. The Kier molecular flexibility index (Phi) is 6.40. The fourth-order valence-electron chi connectivity index (χ4n) is 3.40. The molecule has 0 saturated carbocycles. The third-order valence-electron chi connectivity index (χ3n) is 4.79. The number of nitrogens with zero attached hydrogens (tertiary/aromatic N) is 2. The molecule has 1 amide bonds. The molecule has 0 aliphatic carbocycles. The molecule has 2 aromatic carbocycles. The number of ether oxygens (including phenoxy) is 1. The van der Waals surface area contributed by atoms with Gasteiger partial charge in [0.05, 0.1) is 21.8 Å². The van der Waals surface area contributed by atoms with Gasteiger partial charge in [0.15, 0.2) is 16.1 Å². The first kappa shape index (κ1) is 22.4. The predicted octanol–water partition coefficient (Wildman–Crippen LogP) is 3.33. The van der Waals surface area contributed by atoms with E-state index in [1.807, 2.05) is 0 Å². The first-order chi connectivity index (χ1) is 14.6. The number of para-hydroxylation sites is 1. The number of hydrogen-bond donors (Lipinski definition) is 1. The molecule has 0 spiro atoms. The molecule has 3 rings (SSSR count). The van der Waals surface area contributed by atoms with Crippen LogP contribution in [0, 0.1) is 11.3 Å². The number of halogens is 3. The van der Waals surface area contributed by atoms with Gasteiger partial charge in [-0.05, 0) is 24.3 Å². The fraction of sp³-hybridized carbons (Fsp3) is 0.300. The summed E-state index contributed by atoms with van der Waals surface area (Å²) < 4.78 is 71.8. The van der Waals surface area contributed by atoms with Gasteiger partial charge in [0, 0.05) is 18.7 Å². The molecule has 0 radical (unpaired) electrons. The van der Waals surface area contributed by atoms with Gasteiger partial charge in [0.1, 0.15) is 6.54 Å². The van der Waals surface area contributed by atoms with Crippen LogP contribution in [0.25, 0.3) is 0 Å². The normalized spacial score (nSPS) is 19.0. The zero-order chi connectivity index (χ0) is 22.6. The summed E-state index contributed by atoms with van der Waals surface area (Å²) in [5.74, 6) is 0. The minimum Gasteiger partial charge on any atom is -0.425 e. The Hall–Kier alpha value is -3.26. The first-order valence-corrected chi connectivity index (χ1v) is 10.7. The second-order valence-electron chi connectivity index (χ2n) is 6.76. The van der Waals surface area contributed by atoms with Gasteiger partial charge in [-0.15, -0.1) is 0 Å². The minimum absolute atomic E-state index is 0.172. The van der Waals surface area contributed by atoms with Crippen molar-refractivity contribution in [2.24, 2.45) is 0 Å². The summed E-state index contributed by atoms with van der Waals surface area (Å²) >= 11 is 0. The largest absolute Gasteiger partial charge is 0.425 e. The summed E-state index contributed by atoms with van der Waals surface area (Å²) in [5, 5.41) is 9.52. The van der Waals surface area contributed by atoms with Crippen LogP contribution in [0.4, 0.5) is 23.7 Å². The van der Waals surface area contributed by atoms with E-state index in [1.165, 1.54) is 11.0 Å². The Morgan fingerprint density at radius 2 is 1.81 bits per heavy atom. The Labute approximate surface area is 177 Å². The Morgan fingerprint density at radius 3 is 2.45 bits per heavy atom. The highest BCUT2D eigenvalue weighted by atomic mass is 32.2. The number of hydrogen-bond acceptors (Lipinski definition) is 6. The first-order valence-electron chi connectivity index (χ1n) is 9.18. The Morgan fingerprint density at radius 1 is 1.16 bits per heavy atom. The summed E-state index contributed by atoms with van der Waals surface area (Å²) in [4.78, 5) is 12.6. The molecular weight excluding hydrogens is 435 g/mol. The highest BCUT2D eigenvalue weighted by Crippen LogP contribution is 2.38. The maximum atomic E-state index is 13.4. The maximum absolute atomic E-state index is 13.4. The van der Waals surface area contributed by atoms with Crippen molar-refractivity contribution in [3.8, 4) is 6.07 Å². The smallest absolute Gasteiger partial charge is 0.417 e. The highest BCUT2D eigenvalue weighted by Gasteiger charge is 2.45. The average molecular weight is 453 g/mol. The van der Waals surface area contributed by atoms with Crippen molar-refractivity contribution in [3.05, 3.63) is 60.2 Å². The van der Waals surface area contributed by atoms with Crippen LogP contribution in [0.5, 0.6) is 0 Å². The number of sulfone groups is 1. The van der Waals surface area contributed by atoms with Gasteiger partial charge < -0.3 is 15.0 Å². The number of benzene rings is 2. The average Bonchev–Trinajstić information content (AvgIpc) is 3.17. The number of carbonyl (C=O) groups is 1. The number of alkyl carbamates (subject to hydrolysis) is 1. The molecule has 1 saturated heterocycles. The van der Waals surface area contributed by atoms with Gasteiger partial charge in [-0.25, -0.2) is 13.2 Å². The van der Waals surface area contributed by atoms with Crippen LogP contribution in [0.15, 0.2) is 59.5 Å². The van der Waals surface area contributed by atoms with Crippen molar-refractivity contribution in [2.45, 2.75) is 29.0 Å². The van der Waals surface area contributed by atoms with Crippen molar-refractivity contribution in [3.63, 3.8) is 0 Å². The third-order valence-corrected chi connectivity index (χ3v) is 6.98. The van der Waals surface area contributed by atoms with Gasteiger partial charge >= 0.3 is 12.3 Å². The van der Waals surface area contributed by atoms with Crippen LogP contribution in [0.3, 0.4) is 0 Å². The zero-order valence-corrected chi connectivity index (χ0v) is 16.9. The van der Waals surface area contributed by atoms with Gasteiger partial charge in [-0.2, -0.15) is 18.4 Å². The van der Waals surface area contributed by atoms with Crippen LogP contribution in [-0.4, -0.2) is 39.1 Å². The topological polar surface area (TPSA) is 99.5 Å². The third kappa shape index (κ3) is 4.91. The van der Waals surface area contributed by atoms with Gasteiger partial charge in [-0.3, -0.25) is 0 Å². The van der Waals surface area contributed by atoms with E-state index < -0.39 is 44.0 Å². The van der Waals surface area contributed by atoms with Crippen molar-refractivity contribution < 1.29 is 31.1 Å². The minimum atomic E-state index is -4.84. The number of anilines is 1. The molecule has 1 aliphatic heterocycles. The monoisotopic (exact) mass is 453 g/mol. The van der Waals surface area contributed by atoms with Crippen LogP contribution in [0.2, 0.25) is 0 Å². The molecule has 164 valence electrons. The van der Waals surface area contributed by atoms with Crippen molar-refractivity contribution >= 4 is 21.6 Å². The molecule has 0 aromatic heterocycles. The molecular formula is C20H18F3N3O4S. The number of rotatable bonds is 5. The number of alkyl halides is 3. The highest BCUT2D eigenvalue weighted by molar-refractivity contribution is 7.92. The van der Waals surface area contributed by atoms with E-state index in [1.54, 1.807) is 36.4 Å². The van der Waals surface area contributed by atoms with Crippen LogP contribution < -0.4 is 10.2 Å². The fourth-order valence-corrected chi connectivity index (χ4v) is 5.29. The second kappa shape index (κ2) is 8.85. The van der Waals surface area contributed by atoms with Crippen molar-refractivity contribution in [1.29, 1.82) is 5.26 Å². The van der Waals surface area contributed by atoms with E-state index in [4.69, 9.17) is 10.00 Å². The molecule has 11 heteroatoms. The quantitative estimate of drug-likeness (QED) is 0.698. The lowest BCUT2D eigenvalue weighted by atomic mass is 10.2. The summed E-state index contributed by atoms with van der Waals surface area (Å²) in [5.41, 5.74) is -0.695. The van der Waals surface area contributed by atoms with Crippen LogP contribution >= 0.6 is 0 Å². The molecule has 1 heterocycles. The summed E-state index contributed by atoms with van der Waals surface area (Å²) in [6.45, 7) is -0.480. The molecule has 2 aromatic rings. The summed E-state index contributed by atoms with van der Waals surface area (Å²) in [6, 6.07) is 14.2. The molecule has 7 nitrogen and oxygen atoms in total. The van der Waals surface area contributed by atoms with E-state index in [9.17, 15) is 26.4 Å². The lowest BCUT2D eigenvalue weighted by Gasteiger charge is -2.26. The van der Waals surface area contributed by atoms with E-state index in [0.717, 1.165) is 18.2 Å². The van der Waals surface area contributed by atoms with Crippen LogP contribution in [0.1, 0.15) is 12.0 Å². The Balaban J connectivity index is 1.94. The zero-order valence-electron chi connectivity index (χ0n) is 16.0. The molecule has 1 aliphatic rings. The molecule has 31 heavy (non-hydrogen) atoms. The lowest BCUT2D eigenvalue weighted by Crippen LogP contribution is -2.37. The van der Waals surface area contributed by atoms with Gasteiger partial charge in [0.2, 0.25) is 0 Å². The van der Waals surface area contributed by atoms with E-state index in [2.05, 4.69) is 5.32 Å². The number of amides is 1. The van der Waals surface area contributed by atoms with Crippen molar-refractivity contribution in [2.75, 3.05) is 18.0 Å². The molecule has 2 atom stereocenters.